The molecule has 1 saturated heterocycles. The molecule has 150 valence electrons. The molecule has 5 nitrogen and oxygen atoms in total. The minimum atomic E-state index is -0.181. The van der Waals surface area contributed by atoms with Crippen LogP contribution in [0.15, 0.2) is 48.5 Å². The number of likely N-dealkylation sites (tertiary alicyclic amines) is 1. The summed E-state index contributed by atoms with van der Waals surface area (Å²) in [5, 5.41) is 2.84. The summed E-state index contributed by atoms with van der Waals surface area (Å²) in [6.07, 6.45) is 2.30. The standard InChI is InChI=1S/C23H31N3O2/c1-23(2,3)16-26-14-12-19(13-15-26)28-18-10-8-17(9-11-18)22(27)25-21-7-5-4-6-20(21)24/h4-11,19H,12-16,24H2,1-3H3,(H,25,27). The Morgan fingerprint density at radius 1 is 1.11 bits per heavy atom. The number of nitrogens with one attached hydrogen (secondary N) is 1. The Morgan fingerprint density at radius 3 is 2.36 bits per heavy atom. The van der Waals surface area contributed by atoms with Gasteiger partial charge >= 0.3 is 0 Å². The van der Waals surface area contributed by atoms with Gasteiger partial charge in [0.25, 0.3) is 5.91 Å². The van der Waals surface area contributed by atoms with E-state index in [9.17, 15) is 4.79 Å². The smallest absolute Gasteiger partial charge is 0.255 e. The third-order valence-corrected chi connectivity index (χ3v) is 4.86. The number of nitrogens with zero attached hydrogens (tertiary/aromatic N) is 1. The van der Waals surface area contributed by atoms with Crippen LogP contribution in [0.5, 0.6) is 5.75 Å². The predicted octanol–water partition coefficient (Wildman–Crippen LogP) is 4.41. The normalized spacial score (nSPS) is 16.0. The molecule has 1 amide bonds. The number of amides is 1. The third kappa shape index (κ3) is 5.73. The molecule has 1 fully saturated rings. The van der Waals surface area contributed by atoms with Gasteiger partial charge in [0.15, 0.2) is 0 Å². The van der Waals surface area contributed by atoms with Crippen LogP contribution in [-0.4, -0.2) is 36.5 Å². The van der Waals surface area contributed by atoms with Crippen molar-refractivity contribution >= 4 is 17.3 Å². The molecule has 28 heavy (non-hydrogen) atoms. The van der Waals surface area contributed by atoms with E-state index in [-0.39, 0.29) is 12.0 Å². The first-order chi connectivity index (χ1) is 13.3. The zero-order valence-electron chi connectivity index (χ0n) is 17.1. The van der Waals surface area contributed by atoms with Gasteiger partial charge in [0.05, 0.1) is 11.4 Å². The van der Waals surface area contributed by atoms with Gasteiger partial charge in [-0.3, -0.25) is 4.79 Å². The van der Waals surface area contributed by atoms with Crippen molar-refractivity contribution in [2.45, 2.75) is 39.7 Å². The quantitative estimate of drug-likeness (QED) is 0.753. The van der Waals surface area contributed by atoms with E-state index in [0.717, 1.165) is 38.2 Å². The highest BCUT2D eigenvalue weighted by Gasteiger charge is 2.24. The molecule has 1 heterocycles. The fraction of sp³-hybridized carbons (Fsp3) is 0.435. The predicted molar refractivity (Wildman–Crippen MR) is 115 cm³/mol. The fourth-order valence-electron chi connectivity index (χ4n) is 3.54. The maximum atomic E-state index is 12.4. The van der Waals surface area contributed by atoms with Crippen molar-refractivity contribution in [3.05, 3.63) is 54.1 Å². The molecule has 1 aliphatic rings. The van der Waals surface area contributed by atoms with Crippen molar-refractivity contribution in [3.63, 3.8) is 0 Å². The van der Waals surface area contributed by atoms with E-state index >= 15 is 0 Å². The zero-order valence-corrected chi connectivity index (χ0v) is 17.1. The number of ether oxygens (including phenoxy) is 1. The summed E-state index contributed by atoms with van der Waals surface area (Å²) in [5.41, 5.74) is 7.96. The van der Waals surface area contributed by atoms with Crippen LogP contribution in [0.2, 0.25) is 0 Å². The number of benzene rings is 2. The van der Waals surface area contributed by atoms with Gasteiger partial charge in [0, 0.05) is 25.2 Å². The number of piperidine rings is 1. The lowest BCUT2D eigenvalue weighted by Crippen LogP contribution is -2.42. The molecule has 3 N–H and O–H groups in total. The monoisotopic (exact) mass is 381 g/mol. The first-order valence-electron chi connectivity index (χ1n) is 9.95. The molecule has 0 saturated carbocycles. The molecule has 2 aromatic carbocycles. The first-order valence-corrected chi connectivity index (χ1v) is 9.95. The summed E-state index contributed by atoms with van der Waals surface area (Å²) in [7, 11) is 0. The van der Waals surface area contributed by atoms with E-state index in [4.69, 9.17) is 10.5 Å². The van der Waals surface area contributed by atoms with Crippen molar-refractivity contribution in [2.75, 3.05) is 30.7 Å². The molecule has 0 spiro atoms. The summed E-state index contributed by atoms with van der Waals surface area (Å²) >= 11 is 0. The Hall–Kier alpha value is -2.53. The highest BCUT2D eigenvalue weighted by Crippen LogP contribution is 2.23. The average Bonchev–Trinajstić information content (AvgIpc) is 2.64. The summed E-state index contributed by atoms with van der Waals surface area (Å²) in [4.78, 5) is 14.9. The Labute approximate surface area is 167 Å². The minimum absolute atomic E-state index is 0.181. The molecule has 3 rings (SSSR count). The Bertz CT molecular complexity index is 788. The Balaban J connectivity index is 1.51. The summed E-state index contributed by atoms with van der Waals surface area (Å²) in [6, 6.07) is 14.5. The SMILES string of the molecule is CC(C)(C)CN1CCC(Oc2ccc(C(=O)Nc3ccccc3N)cc2)CC1. The van der Waals surface area contributed by atoms with Crippen LogP contribution in [0, 0.1) is 5.41 Å². The van der Waals surface area contributed by atoms with Crippen LogP contribution >= 0.6 is 0 Å². The molecule has 0 radical (unpaired) electrons. The van der Waals surface area contributed by atoms with E-state index in [1.54, 1.807) is 24.3 Å². The maximum Gasteiger partial charge on any atom is 0.255 e. The zero-order chi connectivity index (χ0) is 20.1. The molecule has 2 aromatic rings. The maximum absolute atomic E-state index is 12.4. The van der Waals surface area contributed by atoms with Gasteiger partial charge in [-0.15, -0.1) is 0 Å². The highest BCUT2D eigenvalue weighted by atomic mass is 16.5. The number of carbonyl (C=O) groups excluding carboxylic acids is 1. The van der Waals surface area contributed by atoms with Crippen LogP contribution in [0.1, 0.15) is 44.0 Å². The second-order valence-corrected chi connectivity index (χ2v) is 8.72. The largest absolute Gasteiger partial charge is 0.490 e. The van der Waals surface area contributed by atoms with Gasteiger partial charge in [-0.25, -0.2) is 0 Å². The second-order valence-electron chi connectivity index (χ2n) is 8.72. The van der Waals surface area contributed by atoms with Crippen molar-refractivity contribution in [3.8, 4) is 5.75 Å². The topological polar surface area (TPSA) is 67.6 Å². The average molecular weight is 382 g/mol. The number of rotatable bonds is 5. The van der Waals surface area contributed by atoms with E-state index in [1.807, 2.05) is 24.3 Å². The van der Waals surface area contributed by atoms with Gasteiger partial charge in [0.2, 0.25) is 0 Å². The molecule has 0 unspecified atom stereocenters. The molecular formula is C23H31N3O2. The molecule has 0 atom stereocenters. The third-order valence-electron chi connectivity index (χ3n) is 4.86. The number of anilines is 2. The highest BCUT2D eigenvalue weighted by molar-refractivity contribution is 6.05. The fourth-order valence-corrected chi connectivity index (χ4v) is 3.54. The van der Waals surface area contributed by atoms with E-state index in [1.165, 1.54) is 0 Å². The molecular weight excluding hydrogens is 350 g/mol. The molecule has 0 aromatic heterocycles. The van der Waals surface area contributed by atoms with Crippen molar-refractivity contribution in [2.24, 2.45) is 5.41 Å². The van der Waals surface area contributed by atoms with Gasteiger partial charge in [0.1, 0.15) is 11.9 Å². The van der Waals surface area contributed by atoms with Crippen LogP contribution < -0.4 is 15.8 Å². The van der Waals surface area contributed by atoms with Crippen molar-refractivity contribution in [1.82, 2.24) is 4.90 Å². The van der Waals surface area contributed by atoms with Gasteiger partial charge in [-0.05, 0) is 54.7 Å². The molecule has 0 bridgehead atoms. The van der Waals surface area contributed by atoms with Gasteiger partial charge in [-0.2, -0.15) is 0 Å². The van der Waals surface area contributed by atoms with Crippen LogP contribution in [-0.2, 0) is 0 Å². The van der Waals surface area contributed by atoms with E-state index in [0.29, 0.717) is 22.4 Å². The molecule has 1 aliphatic heterocycles. The number of nitrogen functional groups attached to an aromatic ring is 1. The minimum Gasteiger partial charge on any atom is -0.490 e. The lowest BCUT2D eigenvalue weighted by Gasteiger charge is -2.35. The lowest BCUT2D eigenvalue weighted by molar-refractivity contribution is 0.0810. The number of nitrogens with two attached hydrogens (primary N) is 1. The second kappa shape index (κ2) is 8.65. The summed E-state index contributed by atoms with van der Waals surface area (Å²) < 4.78 is 6.13. The number of carbonyl (C=O) groups is 1. The van der Waals surface area contributed by atoms with E-state index in [2.05, 4.69) is 31.0 Å². The molecule has 0 aliphatic carbocycles. The van der Waals surface area contributed by atoms with Crippen LogP contribution in [0.4, 0.5) is 11.4 Å². The van der Waals surface area contributed by atoms with Crippen LogP contribution in [0.3, 0.4) is 0 Å². The Kier molecular flexibility index (Phi) is 6.25. The first kappa shape index (κ1) is 20.2. The van der Waals surface area contributed by atoms with Crippen molar-refractivity contribution in [1.29, 1.82) is 0 Å². The van der Waals surface area contributed by atoms with Crippen LogP contribution in [0.25, 0.3) is 0 Å². The summed E-state index contributed by atoms with van der Waals surface area (Å²) in [5.74, 6) is 0.630. The van der Waals surface area contributed by atoms with Gasteiger partial charge in [-0.1, -0.05) is 32.9 Å². The number of hydrogen-bond acceptors (Lipinski definition) is 4. The van der Waals surface area contributed by atoms with Crippen molar-refractivity contribution < 1.29 is 9.53 Å². The Morgan fingerprint density at radius 2 is 1.75 bits per heavy atom. The number of hydrogen-bond donors (Lipinski definition) is 2. The van der Waals surface area contributed by atoms with Gasteiger partial charge < -0.3 is 20.7 Å². The van der Waals surface area contributed by atoms with E-state index < -0.39 is 0 Å². The molecule has 5 heteroatoms. The number of para-hydroxylation sites is 2. The lowest BCUT2D eigenvalue weighted by atomic mass is 9.94. The summed E-state index contributed by atoms with van der Waals surface area (Å²) in [6.45, 7) is 10.1.